The fourth-order valence-corrected chi connectivity index (χ4v) is 3.01. The number of amides is 1. The summed E-state index contributed by atoms with van der Waals surface area (Å²) < 4.78 is 5.47. The van der Waals surface area contributed by atoms with Gasteiger partial charge in [-0.05, 0) is 38.3 Å². The zero-order chi connectivity index (χ0) is 13.8. The number of ether oxygens (including phenoxy) is 1. The maximum atomic E-state index is 12.3. The van der Waals surface area contributed by atoms with Crippen LogP contribution in [-0.2, 0) is 9.53 Å². The number of morpholine rings is 1. The van der Waals surface area contributed by atoms with Crippen LogP contribution in [0.25, 0.3) is 0 Å². The average Bonchev–Trinajstić information content (AvgIpc) is 2.41. The van der Waals surface area contributed by atoms with Crippen LogP contribution in [0.2, 0.25) is 0 Å². The molecule has 0 spiro atoms. The van der Waals surface area contributed by atoms with E-state index in [2.05, 4.69) is 11.8 Å². The maximum Gasteiger partial charge on any atom is 0.236 e. The first-order valence-corrected chi connectivity index (χ1v) is 7.42. The first-order valence-electron chi connectivity index (χ1n) is 7.42. The van der Waals surface area contributed by atoms with Gasteiger partial charge in [-0.3, -0.25) is 9.69 Å². The second-order valence-corrected chi connectivity index (χ2v) is 6.02. The molecule has 110 valence electrons. The Morgan fingerprint density at radius 1 is 1.32 bits per heavy atom. The van der Waals surface area contributed by atoms with Gasteiger partial charge in [0.15, 0.2) is 0 Å². The second-order valence-electron chi connectivity index (χ2n) is 6.02. The molecule has 1 amide bonds. The summed E-state index contributed by atoms with van der Waals surface area (Å²) in [5.41, 5.74) is 5.81. The van der Waals surface area contributed by atoms with E-state index in [4.69, 9.17) is 10.5 Å². The Labute approximate surface area is 116 Å². The highest BCUT2D eigenvalue weighted by Gasteiger charge is 2.28. The molecule has 3 atom stereocenters. The lowest BCUT2D eigenvalue weighted by Gasteiger charge is -2.38. The molecule has 2 N–H and O–H groups in total. The highest BCUT2D eigenvalue weighted by Crippen LogP contribution is 2.22. The SMILES string of the molecule is CC1CN(C(=O)CN2CCC(C)C(CN)C2)CCO1. The van der Waals surface area contributed by atoms with Crippen LogP contribution in [0, 0.1) is 11.8 Å². The summed E-state index contributed by atoms with van der Waals surface area (Å²) in [7, 11) is 0. The highest BCUT2D eigenvalue weighted by molar-refractivity contribution is 5.78. The maximum absolute atomic E-state index is 12.3. The van der Waals surface area contributed by atoms with E-state index in [-0.39, 0.29) is 12.0 Å². The summed E-state index contributed by atoms with van der Waals surface area (Å²) in [5, 5.41) is 0. The molecule has 5 heteroatoms. The molecule has 2 saturated heterocycles. The molecule has 0 saturated carbocycles. The normalized spacial score (nSPS) is 33.4. The summed E-state index contributed by atoms with van der Waals surface area (Å²) in [4.78, 5) is 16.5. The minimum atomic E-state index is 0.163. The van der Waals surface area contributed by atoms with Crippen LogP contribution in [0.3, 0.4) is 0 Å². The largest absolute Gasteiger partial charge is 0.375 e. The molecule has 0 aromatic carbocycles. The third-order valence-corrected chi connectivity index (χ3v) is 4.45. The standard InChI is InChI=1S/C14H27N3O2/c1-11-3-4-16(9-13(11)7-15)10-14(18)17-5-6-19-12(2)8-17/h11-13H,3-10,15H2,1-2H3. The number of likely N-dealkylation sites (tertiary alicyclic amines) is 1. The minimum Gasteiger partial charge on any atom is -0.375 e. The van der Waals surface area contributed by atoms with Gasteiger partial charge in [-0.2, -0.15) is 0 Å². The molecule has 0 aromatic heterocycles. The molecule has 2 fully saturated rings. The van der Waals surface area contributed by atoms with Crippen molar-refractivity contribution in [1.29, 1.82) is 0 Å². The van der Waals surface area contributed by atoms with E-state index >= 15 is 0 Å². The summed E-state index contributed by atoms with van der Waals surface area (Å²) in [6.07, 6.45) is 1.31. The number of nitrogens with two attached hydrogens (primary N) is 1. The number of hydrogen-bond acceptors (Lipinski definition) is 4. The Morgan fingerprint density at radius 3 is 2.79 bits per heavy atom. The van der Waals surface area contributed by atoms with E-state index in [1.165, 1.54) is 0 Å². The number of carbonyl (C=O) groups is 1. The van der Waals surface area contributed by atoms with Gasteiger partial charge in [0.25, 0.3) is 0 Å². The summed E-state index contributed by atoms with van der Waals surface area (Å²) in [6, 6.07) is 0. The molecule has 2 aliphatic rings. The molecule has 2 aliphatic heterocycles. The van der Waals surface area contributed by atoms with Gasteiger partial charge in [-0.15, -0.1) is 0 Å². The van der Waals surface area contributed by atoms with Crippen molar-refractivity contribution in [3.05, 3.63) is 0 Å². The predicted molar refractivity (Wildman–Crippen MR) is 74.8 cm³/mol. The van der Waals surface area contributed by atoms with Crippen LogP contribution in [0.4, 0.5) is 0 Å². The molecule has 19 heavy (non-hydrogen) atoms. The number of rotatable bonds is 3. The van der Waals surface area contributed by atoms with Crippen LogP contribution in [0.5, 0.6) is 0 Å². The summed E-state index contributed by atoms with van der Waals surface area (Å²) in [6.45, 7) is 9.64. The zero-order valence-electron chi connectivity index (χ0n) is 12.2. The third-order valence-electron chi connectivity index (χ3n) is 4.45. The Morgan fingerprint density at radius 2 is 2.11 bits per heavy atom. The molecule has 5 nitrogen and oxygen atoms in total. The van der Waals surface area contributed by atoms with Crippen molar-refractivity contribution >= 4 is 5.91 Å². The molecule has 0 radical (unpaired) electrons. The highest BCUT2D eigenvalue weighted by atomic mass is 16.5. The Bertz CT molecular complexity index is 311. The molecule has 3 unspecified atom stereocenters. The number of carbonyl (C=O) groups excluding carboxylic acids is 1. The number of nitrogens with zero attached hydrogens (tertiary/aromatic N) is 2. The number of hydrogen-bond donors (Lipinski definition) is 1. The predicted octanol–water partition coefficient (Wildman–Crippen LogP) is 0.150. The smallest absolute Gasteiger partial charge is 0.236 e. The summed E-state index contributed by atoms with van der Waals surface area (Å²) >= 11 is 0. The van der Waals surface area contributed by atoms with Gasteiger partial charge < -0.3 is 15.4 Å². The van der Waals surface area contributed by atoms with E-state index in [1.807, 2.05) is 11.8 Å². The third kappa shape index (κ3) is 3.91. The first-order chi connectivity index (χ1) is 9.10. The van der Waals surface area contributed by atoms with Crippen LogP contribution in [0.1, 0.15) is 20.3 Å². The van der Waals surface area contributed by atoms with E-state index in [1.54, 1.807) is 0 Å². The monoisotopic (exact) mass is 269 g/mol. The van der Waals surface area contributed by atoms with Crippen molar-refractivity contribution < 1.29 is 9.53 Å². The number of piperidine rings is 1. The molecule has 0 aliphatic carbocycles. The van der Waals surface area contributed by atoms with Gasteiger partial charge in [0.2, 0.25) is 5.91 Å². The topological polar surface area (TPSA) is 58.8 Å². The molecular formula is C14H27N3O2. The van der Waals surface area contributed by atoms with Crippen molar-refractivity contribution in [3.8, 4) is 0 Å². The second kappa shape index (κ2) is 6.68. The van der Waals surface area contributed by atoms with E-state index in [9.17, 15) is 4.79 Å². The van der Waals surface area contributed by atoms with Crippen molar-refractivity contribution in [2.24, 2.45) is 17.6 Å². The Hall–Kier alpha value is -0.650. The lowest BCUT2D eigenvalue weighted by atomic mass is 9.87. The minimum absolute atomic E-state index is 0.163. The van der Waals surface area contributed by atoms with Crippen molar-refractivity contribution in [1.82, 2.24) is 9.80 Å². The zero-order valence-corrected chi connectivity index (χ0v) is 12.2. The molecule has 2 heterocycles. The molecule has 2 rings (SSSR count). The van der Waals surface area contributed by atoms with Gasteiger partial charge >= 0.3 is 0 Å². The lowest BCUT2D eigenvalue weighted by molar-refractivity contribution is -0.139. The van der Waals surface area contributed by atoms with E-state index in [0.717, 1.165) is 39.1 Å². The fourth-order valence-electron chi connectivity index (χ4n) is 3.01. The van der Waals surface area contributed by atoms with Crippen LogP contribution >= 0.6 is 0 Å². The molecule has 0 aromatic rings. The van der Waals surface area contributed by atoms with Crippen molar-refractivity contribution in [2.75, 3.05) is 45.9 Å². The van der Waals surface area contributed by atoms with E-state index in [0.29, 0.717) is 25.0 Å². The molecular weight excluding hydrogens is 242 g/mol. The quantitative estimate of drug-likeness (QED) is 0.792. The first kappa shape index (κ1) is 14.8. The van der Waals surface area contributed by atoms with Crippen LogP contribution in [0.15, 0.2) is 0 Å². The van der Waals surface area contributed by atoms with Gasteiger partial charge in [-0.1, -0.05) is 6.92 Å². The Kier molecular flexibility index (Phi) is 5.19. The summed E-state index contributed by atoms with van der Waals surface area (Å²) in [5.74, 6) is 1.45. The average molecular weight is 269 g/mol. The van der Waals surface area contributed by atoms with Crippen molar-refractivity contribution in [3.63, 3.8) is 0 Å². The van der Waals surface area contributed by atoms with Gasteiger partial charge in [0.05, 0.1) is 19.3 Å². The molecule has 0 bridgehead atoms. The Balaban J connectivity index is 1.81. The van der Waals surface area contributed by atoms with Gasteiger partial charge in [0, 0.05) is 19.6 Å². The van der Waals surface area contributed by atoms with Crippen molar-refractivity contribution in [2.45, 2.75) is 26.4 Å². The van der Waals surface area contributed by atoms with Crippen LogP contribution in [-0.4, -0.2) is 67.7 Å². The van der Waals surface area contributed by atoms with E-state index < -0.39 is 0 Å². The van der Waals surface area contributed by atoms with Gasteiger partial charge in [-0.25, -0.2) is 0 Å². The lowest BCUT2D eigenvalue weighted by Crippen LogP contribution is -2.51. The van der Waals surface area contributed by atoms with Gasteiger partial charge in [0.1, 0.15) is 0 Å². The fraction of sp³-hybridized carbons (Fsp3) is 0.929. The van der Waals surface area contributed by atoms with Crippen LogP contribution < -0.4 is 5.73 Å².